The quantitative estimate of drug-likeness (QED) is 0.735. The van der Waals surface area contributed by atoms with Crippen LogP contribution in [0.5, 0.6) is 6.01 Å². The molecule has 25 heavy (non-hydrogen) atoms. The molecule has 2 aromatic carbocycles. The number of halogens is 2. The van der Waals surface area contributed by atoms with Crippen molar-refractivity contribution in [3.05, 3.63) is 57.6 Å². The predicted molar refractivity (Wildman–Crippen MR) is 97.9 cm³/mol. The number of aliphatic hydroxyl groups is 1. The van der Waals surface area contributed by atoms with Crippen molar-refractivity contribution in [2.45, 2.75) is 13.5 Å². The average Bonchev–Trinajstić information content (AvgIpc) is 2.64. The summed E-state index contributed by atoms with van der Waals surface area (Å²) in [7, 11) is 1.48. The lowest BCUT2D eigenvalue weighted by molar-refractivity contribution is 0.282. The average molecular weight is 376 g/mol. The van der Waals surface area contributed by atoms with Gasteiger partial charge in [0.25, 0.3) is 0 Å². The summed E-state index contributed by atoms with van der Waals surface area (Å²) >= 11 is 12.5. The molecule has 1 heterocycles. The second kappa shape index (κ2) is 7.35. The first-order chi connectivity index (χ1) is 12.0. The van der Waals surface area contributed by atoms with Crippen LogP contribution in [0, 0.1) is 6.92 Å². The second-order valence-corrected chi connectivity index (χ2v) is 6.22. The Bertz CT molecular complexity index is 932. The van der Waals surface area contributed by atoms with Gasteiger partial charge in [-0.3, -0.25) is 0 Å². The van der Waals surface area contributed by atoms with Crippen molar-refractivity contribution in [1.82, 2.24) is 15.0 Å². The Kier molecular flexibility index (Phi) is 5.18. The SMILES string of the molecule is COc1nc(-c2ccc(C)c(Cl)c2)nc(-c2cc(CO)ccc2Cl)n1. The molecule has 128 valence electrons. The maximum atomic E-state index is 9.35. The van der Waals surface area contributed by atoms with Crippen LogP contribution in [0.15, 0.2) is 36.4 Å². The first kappa shape index (κ1) is 17.6. The Labute approximate surface area is 155 Å². The Hall–Kier alpha value is -2.21. The number of aryl methyl sites for hydroxylation is 1. The summed E-state index contributed by atoms with van der Waals surface area (Å²) in [6.45, 7) is 1.82. The van der Waals surface area contributed by atoms with Gasteiger partial charge in [0.1, 0.15) is 0 Å². The number of hydrogen-bond acceptors (Lipinski definition) is 5. The van der Waals surface area contributed by atoms with Gasteiger partial charge < -0.3 is 9.84 Å². The van der Waals surface area contributed by atoms with Gasteiger partial charge in [0.2, 0.25) is 0 Å². The standard InChI is InChI=1S/C18H15Cl2N3O2/c1-10-3-5-12(8-15(10)20)16-21-17(23-18(22-16)25-2)13-7-11(9-24)4-6-14(13)19/h3-8,24H,9H2,1-2H3. The van der Waals surface area contributed by atoms with E-state index in [4.69, 9.17) is 27.9 Å². The molecule has 0 saturated carbocycles. The lowest BCUT2D eigenvalue weighted by Gasteiger charge is -2.09. The molecule has 0 radical (unpaired) electrons. The number of ether oxygens (including phenoxy) is 1. The van der Waals surface area contributed by atoms with Crippen molar-refractivity contribution in [2.75, 3.05) is 7.11 Å². The second-order valence-electron chi connectivity index (χ2n) is 5.41. The summed E-state index contributed by atoms with van der Waals surface area (Å²) in [6.07, 6.45) is 0. The molecule has 0 aliphatic rings. The highest BCUT2D eigenvalue weighted by molar-refractivity contribution is 6.33. The first-order valence-corrected chi connectivity index (χ1v) is 8.23. The molecule has 0 aliphatic heterocycles. The zero-order valence-electron chi connectivity index (χ0n) is 13.6. The van der Waals surface area contributed by atoms with Crippen LogP contribution >= 0.6 is 23.2 Å². The van der Waals surface area contributed by atoms with Gasteiger partial charge in [0, 0.05) is 16.1 Å². The first-order valence-electron chi connectivity index (χ1n) is 7.48. The minimum atomic E-state index is -0.104. The lowest BCUT2D eigenvalue weighted by Crippen LogP contribution is -2.01. The fourth-order valence-corrected chi connectivity index (χ4v) is 2.65. The van der Waals surface area contributed by atoms with Crippen LogP contribution in [0.1, 0.15) is 11.1 Å². The van der Waals surface area contributed by atoms with Gasteiger partial charge in [-0.1, -0.05) is 41.4 Å². The molecule has 0 spiro atoms. The molecular formula is C18H15Cl2N3O2. The van der Waals surface area contributed by atoms with Crippen molar-refractivity contribution in [3.63, 3.8) is 0 Å². The highest BCUT2D eigenvalue weighted by atomic mass is 35.5. The van der Waals surface area contributed by atoms with Crippen molar-refractivity contribution in [3.8, 4) is 28.8 Å². The van der Waals surface area contributed by atoms with E-state index in [2.05, 4.69) is 15.0 Å². The Morgan fingerprint density at radius 2 is 1.72 bits per heavy atom. The van der Waals surface area contributed by atoms with Crippen LogP contribution in [0.25, 0.3) is 22.8 Å². The molecule has 3 aromatic rings. The number of hydrogen-bond donors (Lipinski definition) is 1. The van der Waals surface area contributed by atoms with E-state index in [9.17, 15) is 5.11 Å². The minimum absolute atomic E-state index is 0.104. The fraction of sp³-hybridized carbons (Fsp3) is 0.167. The van der Waals surface area contributed by atoms with Crippen LogP contribution in [-0.4, -0.2) is 27.2 Å². The van der Waals surface area contributed by atoms with E-state index in [0.717, 1.165) is 11.1 Å². The van der Waals surface area contributed by atoms with E-state index >= 15 is 0 Å². The third-order valence-corrected chi connectivity index (χ3v) is 4.42. The van der Waals surface area contributed by atoms with E-state index in [1.54, 1.807) is 24.3 Å². The Balaban J connectivity index is 2.17. The zero-order chi connectivity index (χ0) is 18.0. The van der Waals surface area contributed by atoms with E-state index in [0.29, 0.717) is 32.8 Å². The van der Waals surface area contributed by atoms with Gasteiger partial charge in [0.05, 0.1) is 18.7 Å². The van der Waals surface area contributed by atoms with Crippen LogP contribution in [0.3, 0.4) is 0 Å². The summed E-state index contributed by atoms with van der Waals surface area (Å²) in [5, 5.41) is 10.4. The maximum absolute atomic E-state index is 9.35. The van der Waals surface area contributed by atoms with E-state index in [1.165, 1.54) is 7.11 Å². The summed E-state index contributed by atoms with van der Waals surface area (Å²) in [6, 6.07) is 10.9. The number of aromatic nitrogens is 3. The van der Waals surface area contributed by atoms with Crippen molar-refractivity contribution >= 4 is 23.2 Å². The van der Waals surface area contributed by atoms with E-state index in [1.807, 2.05) is 19.1 Å². The molecule has 3 rings (SSSR count). The number of methoxy groups -OCH3 is 1. The minimum Gasteiger partial charge on any atom is -0.467 e. The van der Waals surface area contributed by atoms with Crippen LogP contribution in [0.2, 0.25) is 10.0 Å². The van der Waals surface area contributed by atoms with Crippen molar-refractivity contribution in [1.29, 1.82) is 0 Å². The molecule has 0 atom stereocenters. The molecule has 1 aromatic heterocycles. The van der Waals surface area contributed by atoms with Crippen molar-refractivity contribution < 1.29 is 9.84 Å². The van der Waals surface area contributed by atoms with E-state index in [-0.39, 0.29) is 12.6 Å². The Morgan fingerprint density at radius 1 is 0.960 bits per heavy atom. The molecule has 0 fully saturated rings. The van der Waals surface area contributed by atoms with Gasteiger partial charge >= 0.3 is 6.01 Å². The predicted octanol–water partition coefficient (Wildman–Crippen LogP) is 4.32. The molecule has 0 amide bonds. The third-order valence-electron chi connectivity index (χ3n) is 3.68. The largest absolute Gasteiger partial charge is 0.467 e. The topological polar surface area (TPSA) is 68.1 Å². The zero-order valence-corrected chi connectivity index (χ0v) is 15.1. The van der Waals surface area contributed by atoms with Crippen molar-refractivity contribution in [2.24, 2.45) is 0 Å². The fourth-order valence-electron chi connectivity index (χ4n) is 2.27. The van der Waals surface area contributed by atoms with E-state index < -0.39 is 0 Å². The number of rotatable bonds is 4. The molecule has 0 unspecified atom stereocenters. The van der Waals surface area contributed by atoms with Crippen LogP contribution < -0.4 is 4.74 Å². The summed E-state index contributed by atoms with van der Waals surface area (Å²) in [5.41, 5.74) is 3.00. The maximum Gasteiger partial charge on any atom is 0.320 e. The molecular weight excluding hydrogens is 361 g/mol. The molecule has 0 bridgehead atoms. The summed E-state index contributed by atoms with van der Waals surface area (Å²) < 4.78 is 5.20. The van der Waals surface area contributed by atoms with Gasteiger partial charge in [-0.2, -0.15) is 9.97 Å². The molecule has 1 N–H and O–H groups in total. The van der Waals surface area contributed by atoms with Gasteiger partial charge in [0.15, 0.2) is 11.6 Å². The number of benzene rings is 2. The monoisotopic (exact) mass is 375 g/mol. The molecule has 0 saturated heterocycles. The van der Waals surface area contributed by atoms with Gasteiger partial charge in [-0.05, 0) is 36.2 Å². The number of aliphatic hydroxyl groups excluding tert-OH is 1. The molecule has 5 nitrogen and oxygen atoms in total. The molecule has 0 aliphatic carbocycles. The van der Waals surface area contributed by atoms with Gasteiger partial charge in [-0.15, -0.1) is 0 Å². The Morgan fingerprint density at radius 3 is 2.40 bits per heavy atom. The van der Waals surface area contributed by atoms with Crippen LogP contribution in [-0.2, 0) is 6.61 Å². The smallest absolute Gasteiger partial charge is 0.320 e. The normalized spacial score (nSPS) is 10.8. The summed E-state index contributed by atoms with van der Waals surface area (Å²) in [5.74, 6) is 0.785. The highest BCUT2D eigenvalue weighted by Crippen LogP contribution is 2.30. The van der Waals surface area contributed by atoms with Crippen LogP contribution in [0.4, 0.5) is 0 Å². The number of nitrogens with zero attached hydrogens (tertiary/aromatic N) is 3. The third kappa shape index (κ3) is 3.74. The van der Waals surface area contributed by atoms with Gasteiger partial charge in [-0.25, -0.2) is 4.98 Å². The summed E-state index contributed by atoms with van der Waals surface area (Å²) in [4.78, 5) is 13.1. The lowest BCUT2D eigenvalue weighted by atomic mass is 10.1. The highest BCUT2D eigenvalue weighted by Gasteiger charge is 2.14. The molecule has 7 heteroatoms.